The van der Waals surface area contributed by atoms with E-state index in [1.807, 2.05) is 6.07 Å². The number of rotatable bonds is 2. The molecule has 0 saturated heterocycles. The van der Waals surface area contributed by atoms with Gasteiger partial charge in [-0.1, -0.05) is 18.2 Å². The molecule has 0 unspecified atom stereocenters. The maximum absolute atomic E-state index is 10.6. The molecule has 0 spiro atoms. The summed E-state index contributed by atoms with van der Waals surface area (Å²) in [6, 6.07) is 8.76. The second kappa shape index (κ2) is 10.2. The molecule has 0 heterocycles. The third-order valence-electron chi connectivity index (χ3n) is 1.51. The Kier molecular flexibility index (Phi) is 10.1. The topological polar surface area (TPSA) is 101 Å². The number of amides is 2. The molecular formula is C12H15F3N2O4. The Morgan fingerprint density at radius 3 is 1.67 bits per heavy atom. The van der Waals surface area contributed by atoms with Gasteiger partial charge in [-0.05, 0) is 12.1 Å². The van der Waals surface area contributed by atoms with Crippen LogP contribution >= 0.6 is 0 Å². The van der Waals surface area contributed by atoms with Crippen molar-refractivity contribution in [2.24, 2.45) is 5.73 Å². The molecule has 3 N–H and O–H groups in total. The Labute approximate surface area is 119 Å². The number of hydrogen-bond acceptors (Lipinski definition) is 3. The number of hydrogen-bond donors (Lipinski definition) is 2. The predicted octanol–water partition coefficient (Wildman–Crippen LogP) is 1.12. The van der Waals surface area contributed by atoms with Gasteiger partial charge in [0.15, 0.2) is 0 Å². The Balaban J connectivity index is 0. The van der Waals surface area contributed by atoms with E-state index in [0.717, 1.165) is 6.41 Å². The van der Waals surface area contributed by atoms with Gasteiger partial charge in [-0.2, -0.15) is 13.2 Å². The van der Waals surface area contributed by atoms with Crippen LogP contribution in [0, 0.1) is 0 Å². The van der Waals surface area contributed by atoms with Crippen molar-refractivity contribution in [3.05, 3.63) is 35.9 Å². The maximum Gasteiger partial charge on any atom is 0.490 e. The molecule has 0 aliphatic carbocycles. The van der Waals surface area contributed by atoms with E-state index in [0.29, 0.717) is 5.56 Å². The van der Waals surface area contributed by atoms with Gasteiger partial charge < -0.3 is 15.7 Å². The second-order valence-electron chi connectivity index (χ2n) is 3.60. The number of aliphatic carboxylic acids is 1. The number of nitrogens with two attached hydrogens (primary N) is 1. The fourth-order valence-corrected chi connectivity index (χ4v) is 0.602. The summed E-state index contributed by atoms with van der Waals surface area (Å²) in [7, 11) is 3.38. The smallest absolute Gasteiger partial charge is 0.475 e. The first kappa shape index (κ1) is 20.7. The van der Waals surface area contributed by atoms with E-state index >= 15 is 0 Å². The standard InChI is InChI=1S/C7H7NO.C3H7NO.C2HF3O2/c8-7(9)6-4-2-1-3-5-6;1-4(2)3-5;3-2(4,5)1(6)7/h1-5H,(H2,8,9);3H,1-2H3;(H,6,7). The number of carbonyl (C=O) groups excluding carboxylic acids is 2. The molecule has 0 bridgehead atoms. The second-order valence-corrected chi connectivity index (χ2v) is 3.60. The molecule has 1 aromatic rings. The average molecular weight is 308 g/mol. The van der Waals surface area contributed by atoms with Crippen molar-refractivity contribution in [1.29, 1.82) is 0 Å². The minimum atomic E-state index is -5.08. The van der Waals surface area contributed by atoms with Gasteiger partial charge in [0.05, 0.1) is 0 Å². The van der Waals surface area contributed by atoms with Gasteiger partial charge in [-0.15, -0.1) is 0 Å². The molecule has 0 aromatic heterocycles. The van der Waals surface area contributed by atoms with Crippen LogP contribution in [0.3, 0.4) is 0 Å². The average Bonchev–Trinajstić information content (AvgIpc) is 2.40. The SMILES string of the molecule is CN(C)C=O.NC(=O)c1ccccc1.O=C(O)C(F)(F)F. The van der Waals surface area contributed by atoms with Crippen LogP contribution in [0.1, 0.15) is 10.4 Å². The van der Waals surface area contributed by atoms with Gasteiger partial charge in [0.25, 0.3) is 0 Å². The third-order valence-corrected chi connectivity index (χ3v) is 1.51. The summed E-state index contributed by atoms with van der Waals surface area (Å²) in [5, 5.41) is 7.12. The number of halogens is 3. The molecule has 1 rings (SSSR count). The summed E-state index contributed by atoms with van der Waals surface area (Å²) in [5.74, 6) is -3.14. The van der Waals surface area contributed by atoms with E-state index < -0.39 is 12.1 Å². The first-order valence-corrected chi connectivity index (χ1v) is 5.29. The molecule has 118 valence electrons. The van der Waals surface area contributed by atoms with Crippen LogP contribution < -0.4 is 5.73 Å². The minimum absolute atomic E-state index is 0.379. The van der Waals surface area contributed by atoms with E-state index in [1.54, 1.807) is 38.4 Å². The van der Waals surface area contributed by atoms with Crippen LogP contribution in [-0.2, 0) is 9.59 Å². The van der Waals surface area contributed by atoms with Gasteiger partial charge in [-0.3, -0.25) is 9.59 Å². The number of benzene rings is 1. The van der Waals surface area contributed by atoms with Gasteiger partial charge in [0.1, 0.15) is 0 Å². The molecule has 2 amide bonds. The minimum Gasteiger partial charge on any atom is -0.475 e. The van der Waals surface area contributed by atoms with Gasteiger partial charge in [-0.25, -0.2) is 4.79 Å². The largest absolute Gasteiger partial charge is 0.490 e. The number of carboxylic acid groups (broad SMARTS) is 1. The molecule has 0 saturated carbocycles. The summed E-state index contributed by atoms with van der Waals surface area (Å²) in [4.78, 5) is 30.2. The van der Waals surface area contributed by atoms with Crippen LogP contribution in [0.5, 0.6) is 0 Å². The van der Waals surface area contributed by atoms with Crippen molar-refractivity contribution in [2.45, 2.75) is 6.18 Å². The molecule has 0 atom stereocenters. The lowest BCUT2D eigenvalue weighted by molar-refractivity contribution is -0.192. The van der Waals surface area contributed by atoms with Gasteiger partial charge in [0.2, 0.25) is 12.3 Å². The van der Waals surface area contributed by atoms with Crippen LogP contribution in [0.2, 0.25) is 0 Å². The van der Waals surface area contributed by atoms with Crippen molar-refractivity contribution in [2.75, 3.05) is 14.1 Å². The molecule has 0 aliphatic heterocycles. The number of carbonyl (C=O) groups is 3. The summed E-state index contributed by atoms with van der Waals surface area (Å²) in [6.45, 7) is 0. The number of nitrogens with zero attached hydrogens (tertiary/aromatic N) is 1. The highest BCUT2D eigenvalue weighted by atomic mass is 19.4. The molecule has 1 aromatic carbocycles. The lowest BCUT2D eigenvalue weighted by atomic mass is 10.2. The number of alkyl halides is 3. The van der Waals surface area contributed by atoms with Gasteiger partial charge in [0, 0.05) is 19.7 Å². The van der Waals surface area contributed by atoms with E-state index in [1.165, 1.54) is 4.90 Å². The first-order chi connectivity index (χ1) is 9.52. The van der Waals surface area contributed by atoms with Crippen molar-refractivity contribution in [3.8, 4) is 0 Å². The lowest BCUT2D eigenvalue weighted by Gasteiger charge is -1.93. The maximum atomic E-state index is 10.6. The highest BCUT2D eigenvalue weighted by Gasteiger charge is 2.38. The Morgan fingerprint density at radius 2 is 1.52 bits per heavy atom. The van der Waals surface area contributed by atoms with E-state index in [9.17, 15) is 22.8 Å². The molecule has 0 aliphatic rings. The molecular weight excluding hydrogens is 293 g/mol. The number of primary amides is 1. The zero-order valence-electron chi connectivity index (χ0n) is 11.3. The quantitative estimate of drug-likeness (QED) is 0.799. The Morgan fingerprint density at radius 1 is 1.19 bits per heavy atom. The summed E-state index contributed by atoms with van der Waals surface area (Å²) in [6.07, 6.45) is -4.33. The summed E-state index contributed by atoms with van der Waals surface area (Å²) in [5.41, 5.74) is 5.53. The van der Waals surface area contributed by atoms with Gasteiger partial charge >= 0.3 is 12.1 Å². The molecule has 9 heteroatoms. The zero-order chi connectivity index (χ0) is 17.1. The van der Waals surface area contributed by atoms with Crippen molar-refractivity contribution in [3.63, 3.8) is 0 Å². The van der Waals surface area contributed by atoms with Crippen molar-refractivity contribution < 1.29 is 32.7 Å². The Bertz CT molecular complexity index is 448. The molecule has 0 radical (unpaired) electrons. The van der Waals surface area contributed by atoms with Crippen LogP contribution in [0.15, 0.2) is 30.3 Å². The fourth-order valence-electron chi connectivity index (χ4n) is 0.602. The number of carboxylic acids is 1. The zero-order valence-corrected chi connectivity index (χ0v) is 11.3. The molecule has 0 fully saturated rings. The van der Waals surface area contributed by atoms with Crippen molar-refractivity contribution in [1.82, 2.24) is 4.90 Å². The van der Waals surface area contributed by atoms with Crippen LogP contribution in [0.4, 0.5) is 13.2 Å². The van der Waals surface area contributed by atoms with E-state index in [2.05, 4.69) is 0 Å². The normalized spacial score (nSPS) is 9.19. The summed E-state index contributed by atoms with van der Waals surface area (Å²) < 4.78 is 31.7. The first-order valence-electron chi connectivity index (χ1n) is 5.29. The van der Waals surface area contributed by atoms with Crippen LogP contribution in [-0.4, -0.2) is 48.6 Å². The van der Waals surface area contributed by atoms with E-state index in [-0.39, 0.29) is 5.91 Å². The molecule has 21 heavy (non-hydrogen) atoms. The summed E-state index contributed by atoms with van der Waals surface area (Å²) >= 11 is 0. The van der Waals surface area contributed by atoms with E-state index in [4.69, 9.17) is 15.6 Å². The highest BCUT2D eigenvalue weighted by Crippen LogP contribution is 2.13. The monoisotopic (exact) mass is 308 g/mol. The fraction of sp³-hybridized carbons (Fsp3) is 0.250. The highest BCUT2D eigenvalue weighted by molar-refractivity contribution is 5.92. The van der Waals surface area contributed by atoms with Crippen LogP contribution in [0.25, 0.3) is 0 Å². The molecule has 6 nitrogen and oxygen atoms in total. The predicted molar refractivity (Wildman–Crippen MR) is 68.4 cm³/mol. The van der Waals surface area contributed by atoms with Crippen molar-refractivity contribution >= 4 is 18.3 Å². The third kappa shape index (κ3) is 13.6. The lowest BCUT2D eigenvalue weighted by Crippen LogP contribution is -2.21. The Hall–Kier alpha value is -2.58.